The van der Waals surface area contributed by atoms with Crippen molar-refractivity contribution in [3.05, 3.63) is 64.5 Å². The summed E-state index contributed by atoms with van der Waals surface area (Å²) in [5, 5.41) is 14.0. The van der Waals surface area contributed by atoms with Crippen LogP contribution >= 0.6 is 0 Å². The van der Waals surface area contributed by atoms with Crippen LogP contribution in [-0.4, -0.2) is 32.5 Å². The van der Waals surface area contributed by atoms with Crippen molar-refractivity contribution in [1.82, 2.24) is 5.32 Å². The van der Waals surface area contributed by atoms with Crippen LogP contribution in [0.4, 0.5) is 15.8 Å². The topological polar surface area (TPSA) is 92.5 Å². The maximum Gasteiger partial charge on any atom is 0.269 e. The minimum Gasteiger partial charge on any atom is -0.315 e. The van der Waals surface area contributed by atoms with E-state index in [0.717, 1.165) is 25.1 Å². The molecular weight excluding hydrogens is 361 g/mol. The molecule has 0 bridgehead atoms. The highest BCUT2D eigenvalue weighted by molar-refractivity contribution is 7.92. The van der Waals surface area contributed by atoms with Gasteiger partial charge in [0.25, 0.3) is 15.7 Å². The fraction of sp³-hybridized carbons (Fsp3) is 0.294. The van der Waals surface area contributed by atoms with Gasteiger partial charge in [-0.2, -0.15) is 0 Å². The van der Waals surface area contributed by atoms with E-state index >= 15 is 0 Å². The zero-order chi connectivity index (χ0) is 18.7. The molecule has 1 N–H and O–H groups in total. The molecule has 138 valence electrons. The third-order valence-corrected chi connectivity index (χ3v) is 6.18. The second-order valence-electron chi connectivity index (χ2n) is 6.03. The standard InChI is InChI=1S/C17H18FN3O4S/c18-13-3-5-14(6-4-13)20(16-2-1-11-19-12-16)26(24,25)17-9-7-15(8-10-17)21(22)23/h3-10,16,19H,1-2,11-12H2. The van der Waals surface area contributed by atoms with E-state index < -0.39 is 20.8 Å². The minimum atomic E-state index is -3.96. The van der Waals surface area contributed by atoms with Gasteiger partial charge in [-0.15, -0.1) is 0 Å². The maximum atomic E-state index is 13.3. The van der Waals surface area contributed by atoms with E-state index in [-0.39, 0.29) is 16.6 Å². The van der Waals surface area contributed by atoms with Gasteiger partial charge in [-0.05, 0) is 55.8 Å². The molecule has 1 aliphatic rings. The molecule has 26 heavy (non-hydrogen) atoms. The average molecular weight is 379 g/mol. The summed E-state index contributed by atoms with van der Waals surface area (Å²) in [6.07, 6.45) is 1.48. The Labute approximate surface area is 150 Å². The largest absolute Gasteiger partial charge is 0.315 e. The van der Waals surface area contributed by atoms with Gasteiger partial charge in [0.05, 0.1) is 21.5 Å². The Hall–Kier alpha value is -2.52. The van der Waals surface area contributed by atoms with Gasteiger partial charge in [0, 0.05) is 18.7 Å². The van der Waals surface area contributed by atoms with Gasteiger partial charge >= 0.3 is 0 Å². The molecule has 1 fully saturated rings. The quantitative estimate of drug-likeness (QED) is 0.637. The number of piperidine rings is 1. The molecule has 1 unspecified atom stereocenters. The Kier molecular flexibility index (Phi) is 5.19. The van der Waals surface area contributed by atoms with Crippen LogP contribution in [0.3, 0.4) is 0 Å². The lowest BCUT2D eigenvalue weighted by molar-refractivity contribution is -0.384. The van der Waals surface area contributed by atoms with Gasteiger partial charge in [-0.1, -0.05) is 0 Å². The zero-order valence-electron chi connectivity index (χ0n) is 13.8. The Bertz CT molecular complexity index is 879. The summed E-state index contributed by atoms with van der Waals surface area (Å²) < 4.78 is 41.0. The minimum absolute atomic E-state index is 0.0435. The normalized spacial score (nSPS) is 17.7. The fourth-order valence-electron chi connectivity index (χ4n) is 3.02. The number of rotatable bonds is 5. The Balaban J connectivity index is 2.03. The predicted octanol–water partition coefficient (Wildman–Crippen LogP) is 2.68. The van der Waals surface area contributed by atoms with E-state index in [1.54, 1.807) is 0 Å². The van der Waals surface area contributed by atoms with E-state index in [4.69, 9.17) is 0 Å². The Morgan fingerprint density at radius 2 is 1.77 bits per heavy atom. The van der Waals surface area contributed by atoms with Gasteiger partial charge in [0.2, 0.25) is 0 Å². The lowest BCUT2D eigenvalue weighted by Crippen LogP contribution is -2.48. The van der Waals surface area contributed by atoms with Crippen molar-refractivity contribution in [2.75, 3.05) is 17.4 Å². The lowest BCUT2D eigenvalue weighted by atomic mass is 10.1. The first-order valence-corrected chi connectivity index (χ1v) is 9.59. The summed E-state index contributed by atoms with van der Waals surface area (Å²) in [5.74, 6) is -0.455. The van der Waals surface area contributed by atoms with E-state index in [9.17, 15) is 22.9 Å². The number of sulfonamides is 1. The van der Waals surface area contributed by atoms with Crippen molar-refractivity contribution in [2.24, 2.45) is 0 Å². The predicted molar refractivity (Wildman–Crippen MR) is 95.1 cm³/mol. The molecule has 7 nitrogen and oxygen atoms in total. The number of nitrogens with zero attached hydrogens (tertiary/aromatic N) is 2. The van der Waals surface area contributed by atoms with Crippen LogP contribution in [0.1, 0.15) is 12.8 Å². The smallest absolute Gasteiger partial charge is 0.269 e. The average Bonchev–Trinajstić information content (AvgIpc) is 2.64. The van der Waals surface area contributed by atoms with Crippen molar-refractivity contribution in [1.29, 1.82) is 0 Å². The van der Waals surface area contributed by atoms with E-state index in [2.05, 4.69) is 5.32 Å². The summed E-state index contributed by atoms with van der Waals surface area (Å²) in [6.45, 7) is 1.29. The summed E-state index contributed by atoms with van der Waals surface area (Å²) in [5.41, 5.74) is 0.176. The van der Waals surface area contributed by atoms with Gasteiger partial charge in [-0.3, -0.25) is 14.4 Å². The highest BCUT2D eigenvalue weighted by atomic mass is 32.2. The van der Waals surface area contributed by atoms with E-state index in [0.29, 0.717) is 18.7 Å². The van der Waals surface area contributed by atoms with Crippen LogP contribution in [0, 0.1) is 15.9 Å². The second kappa shape index (κ2) is 7.38. The van der Waals surface area contributed by atoms with Crippen LogP contribution in [0.2, 0.25) is 0 Å². The fourth-order valence-corrected chi connectivity index (χ4v) is 4.70. The highest BCUT2D eigenvalue weighted by Gasteiger charge is 2.33. The van der Waals surface area contributed by atoms with Crippen molar-refractivity contribution in [3.63, 3.8) is 0 Å². The number of anilines is 1. The Morgan fingerprint density at radius 1 is 1.12 bits per heavy atom. The van der Waals surface area contributed by atoms with Crippen LogP contribution in [0.25, 0.3) is 0 Å². The van der Waals surface area contributed by atoms with Gasteiger partial charge in [0.15, 0.2) is 0 Å². The number of hydrogen-bond acceptors (Lipinski definition) is 5. The molecule has 0 aromatic heterocycles. The van der Waals surface area contributed by atoms with Gasteiger partial charge in [-0.25, -0.2) is 12.8 Å². The van der Waals surface area contributed by atoms with Crippen LogP contribution in [-0.2, 0) is 10.0 Å². The first-order valence-electron chi connectivity index (χ1n) is 8.15. The SMILES string of the molecule is O=[N+]([O-])c1ccc(S(=O)(=O)N(c2ccc(F)cc2)C2CCCNC2)cc1. The molecular formula is C17H18FN3O4S. The van der Waals surface area contributed by atoms with Crippen LogP contribution in [0.15, 0.2) is 53.4 Å². The number of nitro groups is 1. The van der Waals surface area contributed by atoms with Crippen LogP contribution in [0.5, 0.6) is 0 Å². The van der Waals surface area contributed by atoms with Crippen molar-refractivity contribution in [2.45, 2.75) is 23.8 Å². The molecule has 9 heteroatoms. The number of nitrogens with one attached hydrogen (secondary N) is 1. The summed E-state index contributed by atoms with van der Waals surface area (Å²) in [6, 6.07) is 9.71. The maximum absolute atomic E-state index is 13.3. The molecule has 0 radical (unpaired) electrons. The summed E-state index contributed by atoms with van der Waals surface area (Å²) in [4.78, 5) is 10.2. The van der Waals surface area contributed by atoms with Gasteiger partial charge in [0.1, 0.15) is 5.82 Å². The monoisotopic (exact) mass is 379 g/mol. The Morgan fingerprint density at radius 3 is 2.31 bits per heavy atom. The first-order chi connectivity index (χ1) is 12.4. The van der Waals surface area contributed by atoms with Gasteiger partial charge < -0.3 is 5.32 Å². The molecule has 1 saturated heterocycles. The lowest BCUT2D eigenvalue weighted by Gasteiger charge is -2.35. The third kappa shape index (κ3) is 3.68. The second-order valence-corrected chi connectivity index (χ2v) is 7.84. The summed E-state index contributed by atoms with van der Waals surface area (Å²) >= 11 is 0. The molecule has 0 saturated carbocycles. The van der Waals surface area contributed by atoms with Crippen LogP contribution < -0.4 is 9.62 Å². The first kappa shape index (κ1) is 18.3. The molecule has 1 aliphatic heterocycles. The summed E-state index contributed by atoms with van der Waals surface area (Å²) in [7, 11) is -3.96. The number of nitro benzene ring substituents is 1. The third-order valence-electron chi connectivity index (χ3n) is 4.29. The van der Waals surface area contributed by atoms with E-state index in [1.807, 2.05) is 0 Å². The van der Waals surface area contributed by atoms with Crippen molar-refractivity contribution < 1.29 is 17.7 Å². The van der Waals surface area contributed by atoms with E-state index in [1.165, 1.54) is 40.7 Å². The number of hydrogen-bond donors (Lipinski definition) is 1. The molecule has 1 heterocycles. The highest BCUT2D eigenvalue weighted by Crippen LogP contribution is 2.29. The number of benzene rings is 2. The van der Waals surface area contributed by atoms with Crippen molar-refractivity contribution >= 4 is 21.4 Å². The zero-order valence-corrected chi connectivity index (χ0v) is 14.7. The molecule has 0 amide bonds. The van der Waals surface area contributed by atoms with Crippen molar-refractivity contribution in [3.8, 4) is 0 Å². The molecule has 3 rings (SSSR count). The number of non-ortho nitro benzene ring substituents is 1. The molecule has 0 spiro atoms. The molecule has 1 atom stereocenters. The molecule has 0 aliphatic carbocycles. The molecule has 2 aromatic rings. The number of halogens is 1. The molecule has 2 aromatic carbocycles.